The Balaban J connectivity index is 1.74. The second-order valence-electron chi connectivity index (χ2n) is 5.38. The van der Waals surface area contributed by atoms with Crippen LogP contribution < -0.4 is 0 Å². The van der Waals surface area contributed by atoms with Crippen LogP contribution in [-0.2, 0) is 13.1 Å². The van der Waals surface area contributed by atoms with Crippen LogP contribution in [0.15, 0.2) is 51.6 Å². The van der Waals surface area contributed by atoms with Gasteiger partial charge in [-0.05, 0) is 22.9 Å². The van der Waals surface area contributed by atoms with Gasteiger partial charge in [0, 0.05) is 31.4 Å². The van der Waals surface area contributed by atoms with Crippen LogP contribution in [0, 0.1) is 0 Å². The van der Waals surface area contributed by atoms with Crippen molar-refractivity contribution in [3.8, 4) is 11.3 Å². The summed E-state index contributed by atoms with van der Waals surface area (Å²) in [5, 5.41) is 8.32. The van der Waals surface area contributed by atoms with Gasteiger partial charge in [0.1, 0.15) is 0 Å². The summed E-state index contributed by atoms with van der Waals surface area (Å²) in [6.07, 6.45) is 1.90. The lowest BCUT2D eigenvalue weighted by Gasteiger charge is -2.14. The molecule has 0 aliphatic rings. The van der Waals surface area contributed by atoms with Gasteiger partial charge in [-0.15, -0.1) is 0 Å². The van der Waals surface area contributed by atoms with Crippen molar-refractivity contribution in [3.05, 3.63) is 58.5 Å². The van der Waals surface area contributed by atoms with Gasteiger partial charge < -0.3 is 9.42 Å². The normalized spacial score (nSPS) is 10.8. The van der Waals surface area contributed by atoms with Gasteiger partial charge in [-0.3, -0.25) is 9.48 Å². The number of hydrogen-bond donors (Lipinski definition) is 0. The lowest BCUT2D eigenvalue weighted by Crippen LogP contribution is -2.26. The van der Waals surface area contributed by atoms with Crippen LogP contribution in [0.5, 0.6) is 0 Å². The predicted octanol–water partition coefficient (Wildman–Crippen LogP) is 3.59. The molecule has 0 aliphatic carbocycles. The maximum absolute atomic E-state index is 12.5. The summed E-state index contributed by atoms with van der Waals surface area (Å²) < 4.78 is 8.00. The van der Waals surface area contributed by atoms with Crippen molar-refractivity contribution in [2.75, 3.05) is 7.05 Å². The van der Waals surface area contributed by atoms with Gasteiger partial charge in [0.2, 0.25) is 0 Å². The molecule has 0 bridgehead atoms. The quantitative estimate of drug-likeness (QED) is 0.669. The van der Waals surface area contributed by atoms with E-state index in [2.05, 4.69) is 26.2 Å². The summed E-state index contributed by atoms with van der Waals surface area (Å²) in [7, 11) is 1.72. The molecule has 7 heteroatoms. The molecule has 6 nitrogen and oxygen atoms in total. The second-order valence-corrected chi connectivity index (χ2v) is 6.24. The van der Waals surface area contributed by atoms with Crippen molar-refractivity contribution in [1.82, 2.24) is 19.8 Å². The van der Waals surface area contributed by atoms with Crippen LogP contribution in [0.25, 0.3) is 11.3 Å². The van der Waals surface area contributed by atoms with Crippen LogP contribution in [0.4, 0.5) is 0 Å². The number of carbonyl (C=O) groups is 1. The van der Waals surface area contributed by atoms with E-state index in [0.29, 0.717) is 12.3 Å². The first kappa shape index (κ1) is 16.4. The summed E-state index contributed by atoms with van der Waals surface area (Å²) in [5.74, 6) is 0.364. The number of rotatable bonds is 5. The summed E-state index contributed by atoms with van der Waals surface area (Å²) in [5.41, 5.74) is 1.97. The number of benzene rings is 1. The van der Waals surface area contributed by atoms with E-state index in [1.54, 1.807) is 18.0 Å². The minimum atomic E-state index is -0.209. The Labute approximate surface area is 148 Å². The Hall–Kier alpha value is -2.41. The monoisotopic (exact) mass is 388 g/mol. The van der Waals surface area contributed by atoms with E-state index in [9.17, 15) is 4.79 Å². The number of amides is 1. The van der Waals surface area contributed by atoms with Crippen molar-refractivity contribution < 1.29 is 9.32 Å². The van der Waals surface area contributed by atoms with E-state index in [1.165, 1.54) is 0 Å². The average molecular weight is 389 g/mol. The zero-order valence-corrected chi connectivity index (χ0v) is 15.0. The van der Waals surface area contributed by atoms with Crippen molar-refractivity contribution in [2.45, 2.75) is 20.0 Å². The molecule has 24 heavy (non-hydrogen) atoms. The largest absolute Gasteiger partial charge is 0.355 e. The lowest BCUT2D eigenvalue weighted by molar-refractivity contribution is 0.0772. The first-order chi connectivity index (χ1) is 11.6. The highest BCUT2D eigenvalue weighted by Gasteiger charge is 2.19. The van der Waals surface area contributed by atoms with E-state index < -0.39 is 0 Å². The Bertz CT molecular complexity index is 841. The molecule has 1 aromatic carbocycles. The van der Waals surface area contributed by atoms with E-state index in [1.807, 2.05) is 48.1 Å². The Morgan fingerprint density at radius 2 is 2.08 bits per heavy atom. The predicted molar refractivity (Wildman–Crippen MR) is 93.3 cm³/mol. The molecule has 3 rings (SSSR count). The first-order valence-electron chi connectivity index (χ1n) is 7.58. The molecule has 0 saturated carbocycles. The molecule has 0 spiro atoms. The van der Waals surface area contributed by atoms with Gasteiger partial charge in [-0.25, -0.2) is 0 Å². The molecule has 124 valence electrons. The van der Waals surface area contributed by atoms with E-state index in [-0.39, 0.29) is 11.6 Å². The highest BCUT2D eigenvalue weighted by atomic mass is 79.9. The third-order valence-electron chi connectivity index (χ3n) is 3.63. The van der Waals surface area contributed by atoms with E-state index in [4.69, 9.17) is 4.52 Å². The van der Waals surface area contributed by atoms with Gasteiger partial charge >= 0.3 is 0 Å². The number of halogens is 1. The van der Waals surface area contributed by atoms with Gasteiger partial charge in [0.15, 0.2) is 11.5 Å². The van der Waals surface area contributed by atoms with Crippen LogP contribution >= 0.6 is 15.9 Å². The van der Waals surface area contributed by atoms with Crippen molar-refractivity contribution in [3.63, 3.8) is 0 Å². The van der Waals surface area contributed by atoms with Gasteiger partial charge in [-0.2, -0.15) is 5.10 Å². The average Bonchev–Trinajstić information content (AvgIpc) is 3.22. The van der Waals surface area contributed by atoms with Gasteiger partial charge in [0.25, 0.3) is 5.91 Å². The van der Waals surface area contributed by atoms with E-state index in [0.717, 1.165) is 22.3 Å². The SMILES string of the molecule is CCn1cc(Br)c(CN(C)C(=O)c2cc(-c3ccccc3)on2)n1. The molecule has 0 N–H and O–H groups in total. The molecule has 2 heterocycles. The maximum Gasteiger partial charge on any atom is 0.276 e. The Morgan fingerprint density at radius 3 is 2.75 bits per heavy atom. The van der Waals surface area contributed by atoms with Crippen molar-refractivity contribution in [1.29, 1.82) is 0 Å². The van der Waals surface area contributed by atoms with Crippen LogP contribution in [0.3, 0.4) is 0 Å². The van der Waals surface area contributed by atoms with E-state index >= 15 is 0 Å². The number of carbonyl (C=O) groups excluding carboxylic acids is 1. The third kappa shape index (κ3) is 3.41. The molecule has 0 fully saturated rings. The molecule has 3 aromatic rings. The topological polar surface area (TPSA) is 64.2 Å². The fraction of sp³-hybridized carbons (Fsp3) is 0.235. The molecule has 0 radical (unpaired) electrons. The first-order valence-corrected chi connectivity index (χ1v) is 8.37. The van der Waals surface area contributed by atoms with Crippen LogP contribution in [0.1, 0.15) is 23.1 Å². The van der Waals surface area contributed by atoms with Gasteiger partial charge in [-0.1, -0.05) is 35.5 Å². The van der Waals surface area contributed by atoms with Crippen molar-refractivity contribution >= 4 is 21.8 Å². The standard InChI is InChI=1S/C17H17BrN4O2/c1-3-22-10-13(18)15(19-22)11-21(2)17(23)14-9-16(24-20-14)12-7-5-4-6-8-12/h4-10H,3,11H2,1-2H3. The Kier molecular flexibility index (Phi) is 4.80. The lowest BCUT2D eigenvalue weighted by atomic mass is 10.1. The summed E-state index contributed by atoms with van der Waals surface area (Å²) in [6.45, 7) is 3.18. The fourth-order valence-corrected chi connectivity index (χ4v) is 2.75. The van der Waals surface area contributed by atoms with Crippen molar-refractivity contribution in [2.24, 2.45) is 0 Å². The number of hydrogen-bond acceptors (Lipinski definition) is 4. The zero-order chi connectivity index (χ0) is 17.1. The highest BCUT2D eigenvalue weighted by molar-refractivity contribution is 9.10. The summed E-state index contributed by atoms with van der Waals surface area (Å²) >= 11 is 3.47. The zero-order valence-electron chi connectivity index (χ0n) is 13.4. The molecular weight excluding hydrogens is 372 g/mol. The third-order valence-corrected chi connectivity index (χ3v) is 4.29. The molecular formula is C17H17BrN4O2. The highest BCUT2D eigenvalue weighted by Crippen LogP contribution is 2.21. The van der Waals surface area contributed by atoms with Crippen LogP contribution in [0.2, 0.25) is 0 Å². The minimum Gasteiger partial charge on any atom is -0.355 e. The molecule has 0 aliphatic heterocycles. The maximum atomic E-state index is 12.5. The molecule has 0 saturated heterocycles. The van der Waals surface area contributed by atoms with Gasteiger partial charge in [0.05, 0.1) is 16.7 Å². The summed E-state index contributed by atoms with van der Waals surface area (Å²) in [4.78, 5) is 14.1. The number of aromatic nitrogens is 3. The minimum absolute atomic E-state index is 0.209. The summed E-state index contributed by atoms with van der Waals surface area (Å²) in [6, 6.07) is 11.2. The smallest absolute Gasteiger partial charge is 0.276 e. The Morgan fingerprint density at radius 1 is 1.33 bits per heavy atom. The van der Waals surface area contributed by atoms with Crippen LogP contribution in [-0.4, -0.2) is 32.8 Å². The molecule has 0 atom stereocenters. The fourth-order valence-electron chi connectivity index (χ4n) is 2.31. The molecule has 2 aromatic heterocycles. The molecule has 1 amide bonds. The molecule has 0 unspecified atom stereocenters. The number of nitrogens with zero attached hydrogens (tertiary/aromatic N) is 4. The number of aryl methyl sites for hydroxylation is 1. The second kappa shape index (κ2) is 7.00.